The molecular weight excluding hydrogens is 376 g/mol. The summed E-state index contributed by atoms with van der Waals surface area (Å²) in [7, 11) is -0.475. The molecule has 0 aliphatic carbocycles. The first-order valence-electron chi connectivity index (χ1n) is 9.12. The lowest BCUT2D eigenvalue weighted by Gasteiger charge is -2.13. The second kappa shape index (κ2) is 9.21. The number of benzene rings is 2. The first-order chi connectivity index (χ1) is 13.1. The predicted octanol–water partition coefficient (Wildman–Crippen LogP) is 3.06. The lowest BCUT2D eigenvalue weighted by molar-refractivity contribution is -0.123. The molecule has 0 saturated carbocycles. The van der Waals surface area contributed by atoms with E-state index in [0.29, 0.717) is 18.2 Å². The summed E-state index contributed by atoms with van der Waals surface area (Å²) in [5.74, 6) is 0.863. The van der Waals surface area contributed by atoms with Gasteiger partial charge in [-0.25, -0.2) is 12.7 Å². The van der Waals surface area contributed by atoms with E-state index in [0.717, 1.165) is 15.4 Å². The third-order valence-electron chi connectivity index (χ3n) is 4.42. The second-order valence-electron chi connectivity index (χ2n) is 7.17. The molecule has 7 heteroatoms. The van der Waals surface area contributed by atoms with Gasteiger partial charge in [-0.15, -0.1) is 0 Å². The maximum Gasteiger partial charge on any atom is 0.258 e. The fraction of sp³-hybridized carbons (Fsp3) is 0.381. The summed E-state index contributed by atoms with van der Waals surface area (Å²) in [5.41, 5.74) is 3.21. The average molecular weight is 405 g/mol. The highest BCUT2D eigenvalue weighted by atomic mass is 32.2. The number of sulfonamides is 1. The van der Waals surface area contributed by atoms with Crippen molar-refractivity contribution in [1.82, 2.24) is 9.62 Å². The summed E-state index contributed by atoms with van der Waals surface area (Å²) >= 11 is 0. The highest BCUT2D eigenvalue weighted by Gasteiger charge is 2.16. The zero-order valence-electron chi connectivity index (χ0n) is 17.0. The Morgan fingerprint density at radius 3 is 2.29 bits per heavy atom. The number of aryl methyl sites for hydroxylation is 1. The summed E-state index contributed by atoms with van der Waals surface area (Å²) in [6.07, 6.45) is 0. The van der Waals surface area contributed by atoms with Gasteiger partial charge in [-0.3, -0.25) is 4.79 Å². The SMILES string of the molecule is Cc1cc(OCC(=O)NCc2ccc(S(=O)(=O)N(C)C)cc2)ccc1C(C)C. The topological polar surface area (TPSA) is 75.7 Å². The van der Waals surface area contributed by atoms with Gasteiger partial charge < -0.3 is 10.1 Å². The van der Waals surface area contributed by atoms with Crippen molar-refractivity contribution in [2.45, 2.75) is 38.1 Å². The highest BCUT2D eigenvalue weighted by Crippen LogP contribution is 2.23. The molecule has 2 aromatic carbocycles. The Morgan fingerprint density at radius 1 is 1.11 bits per heavy atom. The van der Waals surface area contributed by atoms with Gasteiger partial charge in [0.1, 0.15) is 5.75 Å². The minimum Gasteiger partial charge on any atom is -0.484 e. The molecule has 0 heterocycles. The molecule has 0 bridgehead atoms. The van der Waals surface area contributed by atoms with Crippen molar-refractivity contribution < 1.29 is 17.9 Å². The Hall–Kier alpha value is -2.38. The average Bonchev–Trinajstić information content (AvgIpc) is 2.64. The first-order valence-corrected chi connectivity index (χ1v) is 10.6. The van der Waals surface area contributed by atoms with Crippen LogP contribution in [0, 0.1) is 6.92 Å². The van der Waals surface area contributed by atoms with E-state index in [1.807, 2.05) is 25.1 Å². The van der Waals surface area contributed by atoms with Crippen molar-refractivity contribution in [2.75, 3.05) is 20.7 Å². The monoisotopic (exact) mass is 404 g/mol. The summed E-state index contributed by atoms with van der Waals surface area (Å²) in [6, 6.07) is 12.3. The van der Waals surface area contributed by atoms with E-state index < -0.39 is 10.0 Å². The van der Waals surface area contributed by atoms with Crippen LogP contribution in [0.2, 0.25) is 0 Å². The van der Waals surface area contributed by atoms with Crippen molar-refractivity contribution in [2.24, 2.45) is 0 Å². The van der Waals surface area contributed by atoms with Gasteiger partial charge in [-0.1, -0.05) is 32.0 Å². The van der Waals surface area contributed by atoms with Crippen molar-refractivity contribution in [1.29, 1.82) is 0 Å². The largest absolute Gasteiger partial charge is 0.484 e. The van der Waals surface area contributed by atoms with E-state index in [2.05, 4.69) is 19.2 Å². The van der Waals surface area contributed by atoms with E-state index in [-0.39, 0.29) is 17.4 Å². The van der Waals surface area contributed by atoms with E-state index in [1.54, 1.807) is 12.1 Å². The summed E-state index contributed by atoms with van der Waals surface area (Å²) in [6.45, 7) is 6.53. The van der Waals surface area contributed by atoms with Gasteiger partial charge in [0.05, 0.1) is 4.90 Å². The van der Waals surface area contributed by atoms with Crippen LogP contribution in [0.15, 0.2) is 47.4 Å². The van der Waals surface area contributed by atoms with E-state index in [4.69, 9.17) is 4.74 Å². The minimum atomic E-state index is -3.45. The molecule has 0 aliphatic heterocycles. The van der Waals surface area contributed by atoms with Crippen LogP contribution in [-0.4, -0.2) is 39.3 Å². The number of rotatable bonds is 8. The van der Waals surface area contributed by atoms with Gasteiger partial charge in [-0.05, 0) is 53.8 Å². The van der Waals surface area contributed by atoms with Crippen LogP contribution in [0.4, 0.5) is 0 Å². The third-order valence-corrected chi connectivity index (χ3v) is 6.25. The lowest BCUT2D eigenvalue weighted by atomic mass is 9.98. The van der Waals surface area contributed by atoms with Crippen LogP contribution < -0.4 is 10.1 Å². The van der Waals surface area contributed by atoms with E-state index >= 15 is 0 Å². The predicted molar refractivity (Wildman–Crippen MR) is 110 cm³/mol. The molecule has 1 amide bonds. The van der Waals surface area contributed by atoms with E-state index in [1.165, 1.54) is 31.8 Å². The van der Waals surface area contributed by atoms with E-state index in [9.17, 15) is 13.2 Å². The van der Waals surface area contributed by atoms with Crippen molar-refractivity contribution in [3.8, 4) is 5.75 Å². The smallest absolute Gasteiger partial charge is 0.258 e. The molecule has 2 rings (SSSR count). The van der Waals surface area contributed by atoms with Gasteiger partial charge in [0, 0.05) is 20.6 Å². The van der Waals surface area contributed by atoms with Crippen LogP contribution in [0.5, 0.6) is 5.75 Å². The normalized spacial score (nSPS) is 11.7. The molecule has 6 nitrogen and oxygen atoms in total. The van der Waals surface area contributed by atoms with Gasteiger partial charge in [0.15, 0.2) is 6.61 Å². The molecule has 0 fully saturated rings. The first kappa shape index (κ1) is 21.9. The van der Waals surface area contributed by atoms with Gasteiger partial charge in [0.2, 0.25) is 10.0 Å². The number of ether oxygens (including phenoxy) is 1. The molecule has 0 saturated heterocycles. The van der Waals surface area contributed by atoms with Crippen LogP contribution >= 0.6 is 0 Å². The van der Waals surface area contributed by atoms with Gasteiger partial charge >= 0.3 is 0 Å². The highest BCUT2D eigenvalue weighted by molar-refractivity contribution is 7.89. The molecule has 28 heavy (non-hydrogen) atoms. The molecule has 0 spiro atoms. The molecule has 0 radical (unpaired) electrons. The fourth-order valence-electron chi connectivity index (χ4n) is 2.78. The number of nitrogens with one attached hydrogen (secondary N) is 1. The zero-order chi connectivity index (χ0) is 20.9. The maximum absolute atomic E-state index is 12.1. The Balaban J connectivity index is 1.87. The summed E-state index contributed by atoms with van der Waals surface area (Å²) in [5, 5.41) is 2.77. The van der Waals surface area contributed by atoms with Gasteiger partial charge in [0.25, 0.3) is 5.91 Å². The number of hydrogen-bond acceptors (Lipinski definition) is 4. The lowest BCUT2D eigenvalue weighted by Crippen LogP contribution is -2.28. The molecule has 1 N–H and O–H groups in total. The second-order valence-corrected chi connectivity index (χ2v) is 9.32. The van der Waals surface area contributed by atoms with Crippen molar-refractivity contribution in [3.05, 3.63) is 59.2 Å². The van der Waals surface area contributed by atoms with Crippen LogP contribution in [0.1, 0.15) is 36.5 Å². The van der Waals surface area contributed by atoms with Crippen LogP contribution in [0.3, 0.4) is 0 Å². The number of amides is 1. The fourth-order valence-corrected chi connectivity index (χ4v) is 3.68. The Bertz CT molecular complexity index is 920. The quantitative estimate of drug-likeness (QED) is 0.734. The van der Waals surface area contributed by atoms with Gasteiger partial charge in [-0.2, -0.15) is 0 Å². The number of carbonyl (C=O) groups is 1. The number of nitrogens with zero attached hydrogens (tertiary/aromatic N) is 1. The molecular formula is C21H28N2O4S. The summed E-state index contributed by atoms with van der Waals surface area (Å²) in [4.78, 5) is 12.2. The molecule has 0 unspecified atom stereocenters. The summed E-state index contributed by atoms with van der Waals surface area (Å²) < 4.78 is 30.8. The van der Waals surface area contributed by atoms with Crippen LogP contribution in [0.25, 0.3) is 0 Å². The molecule has 0 aliphatic rings. The zero-order valence-corrected chi connectivity index (χ0v) is 17.8. The maximum atomic E-state index is 12.1. The Labute approximate surface area is 167 Å². The van der Waals surface area contributed by atoms with Crippen molar-refractivity contribution in [3.63, 3.8) is 0 Å². The van der Waals surface area contributed by atoms with Crippen LogP contribution in [-0.2, 0) is 21.4 Å². The molecule has 0 atom stereocenters. The Kier molecular flexibility index (Phi) is 7.21. The third kappa shape index (κ3) is 5.56. The standard InChI is InChI=1S/C21H28N2O4S/c1-15(2)20-11-8-18(12-16(20)3)27-14-21(24)22-13-17-6-9-19(10-7-17)28(25,26)23(4)5/h6-12,15H,13-14H2,1-5H3,(H,22,24). The number of carbonyl (C=O) groups excluding carboxylic acids is 1. The molecule has 0 aromatic heterocycles. The molecule has 152 valence electrons. The Morgan fingerprint density at radius 2 is 1.75 bits per heavy atom. The molecule has 2 aromatic rings. The minimum absolute atomic E-state index is 0.0758. The van der Waals surface area contributed by atoms with Crippen molar-refractivity contribution >= 4 is 15.9 Å². The number of hydrogen-bond donors (Lipinski definition) is 1.